The molecule has 1 saturated carbocycles. The number of nitrogens with one attached hydrogen (secondary N) is 3. The van der Waals surface area contributed by atoms with E-state index in [0.717, 1.165) is 17.8 Å². The second kappa shape index (κ2) is 11.0. The number of thiocarbonyl (C=S) groups is 1. The van der Waals surface area contributed by atoms with Crippen LogP contribution >= 0.6 is 12.2 Å². The third-order valence-electron chi connectivity index (χ3n) is 4.78. The zero-order valence-corrected chi connectivity index (χ0v) is 17.2. The Hall–Kier alpha value is -1.95. The molecule has 0 aliphatic heterocycles. The lowest BCUT2D eigenvalue weighted by molar-refractivity contribution is -0.120. The molecule has 2 rings (SSSR count). The van der Waals surface area contributed by atoms with Crippen molar-refractivity contribution in [3.8, 4) is 0 Å². The highest BCUT2D eigenvalue weighted by Crippen LogP contribution is 2.27. The number of benzene rings is 1. The van der Waals surface area contributed by atoms with E-state index in [2.05, 4.69) is 16.0 Å². The lowest BCUT2D eigenvalue weighted by atomic mass is 9.86. The standard InChI is InChI=1S/C21H31N3O2S/c1-15(2)14-20(26)22-17-9-11-18(12-10-17)23-21(27)24-19(25)13-8-16-6-4-3-5-7-16/h9-12,15-16H,3-8,13-14H2,1-2H3,(H,22,26)(H2,23,24,25,27). The molecule has 0 radical (unpaired) electrons. The summed E-state index contributed by atoms with van der Waals surface area (Å²) >= 11 is 5.22. The Morgan fingerprint density at radius 1 is 1.00 bits per heavy atom. The van der Waals surface area contributed by atoms with E-state index < -0.39 is 0 Å². The van der Waals surface area contributed by atoms with Gasteiger partial charge in [-0.3, -0.25) is 9.59 Å². The molecule has 6 heteroatoms. The average Bonchev–Trinajstić information content (AvgIpc) is 2.62. The summed E-state index contributed by atoms with van der Waals surface area (Å²) in [6.07, 6.45) is 8.37. The molecule has 1 aromatic rings. The summed E-state index contributed by atoms with van der Waals surface area (Å²) in [6.45, 7) is 4.02. The van der Waals surface area contributed by atoms with Gasteiger partial charge in [-0.25, -0.2) is 0 Å². The molecule has 0 atom stereocenters. The molecule has 2 amide bonds. The second-order valence-corrected chi connectivity index (χ2v) is 8.18. The fourth-order valence-electron chi connectivity index (χ4n) is 3.38. The largest absolute Gasteiger partial charge is 0.332 e. The van der Waals surface area contributed by atoms with Crippen molar-refractivity contribution in [1.82, 2.24) is 5.32 Å². The molecule has 1 aliphatic carbocycles. The quantitative estimate of drug-likeness (QED) is 0.583. The predicted molar refractivity (Wildman–Crippen MR) is 115 cm³/mol. The number of carbonyl (C=O) groups is 2. The first-order valence-electron chi connectivity index (χ1n) is 9.93. The van der Waals surface area contributed by atoms with E-state index in [-0.39, 0.29) is 11.8 Å². The van der Waals surface area contributed by atoms with E-state index in [1.165, 1.54) is 32.1 Å². The maximum Gasteiger partial charge on any atom is 0.226 e. The Bertz CT molecular complexity index is 637. The van der Waals surface area contributed by atoms with Gasteiger partial charge in [0, 0.05) is 24.2 Å². The lowest BCUT2D eigenvalue weighted by Crippen LogP contribution is -2.34. The normalized spacial score (nSPS) is 14.6. The molecule has 0 aromatic heterocycles. The minimum absolute atomic E-state index is 0.00598. The van der Waals surface area contributed by atoms with Crippen molar-refractivity contribution < 1.29 is 9.59 Å². The van der Waals surface area contributed by atoms with Crippen LogP contribution in [0, 0.1) is 11.8 Å². The van der Waals surface area contributed by atoms with E-state index in [9.17, 15) is 9.59 Å². The summed E-state index contributed by atoms with van der Waals surface area (Å²) in [5.41, 5.74) is 1.52. The van der Waals surface area contributed by atoms with Gasteiger partial charge in [-0.15, -0.1) is 0 Å². The summed E-state index contributed by atoms with van der Waals surface area (Å²) in [7, 11) is 0. The van der Waals surface area contributed by atoms with Crippen molar-refractivity contribution in [2.75, 3.05) is 10.6 Å². The second-order valence-electron chi connectivity index (χ2n) is 7.77. The van der Waals surface area contributed by atoms with Crippen molar-refractivity contribution in [2.45, 2.75) is 65.2 Å². The van der Waals surface area contributed by atoms with Crippen LogP contribution in [-0.4, -0.2) is 16.9 Å². The van der Waals surface area contributed by atoms with Crippen LogP contribution in [-0.2, 0) is 9.59 Å². The monoisotopic (exact) mass is 389 g/mol. The number of amides is 2. The van der Waals surface area contributed by atoms with Gasteiger partial charge in [-0.05, 0) is 54.7 Å². The number of carbonyl (C=O) groups excluding carboxylic acids is 2. The highest BCUT2D eigenvalue weighted by atomic mass is 32.1. The Morgan fingerprint density at radius 3 is 2.19 bits per heavy atom. The third-order valence-corrected chi connectivity index (χ3v) is 4.98. The molecule has 27 heavy (non-hydrogen) atoms. The van der Waals surface area contributed by atoms with Crippen LogP contribution in [0.4, 0.5) is 11.4 Å². The lowest BCUT2D eigenvalue weighted by Gasteiger charge is -2.21. The molecule has 1 fully saturated rings. The van der Waals surface area contributed by atoms with Crippen LogP contribution in [0.15, 0.2) is 24.3 Å². The molecular weight excluding hydrogens is 358 g/mol. The molecule has 0 heterocycles. The highest BCUT2D eigenvalue weighted by molar-refractivity contribution is 7.80. The van der Waals surface area contributed by atoms with Crippen LogP contribution in [0.1, 0.15) is 65.2 Å². The smallest absolute Gasteiger partial charge is 0.226 e. The van der Waals surface area contributed by atoms with Gasteiger partial charge in [0.1, 0.15) is 0 Å². The van der Waals surface area contributed by atoms with Gasteiger partial charge < -0.3 is 16.0 Å². The summed E-state index contributed by atoms with van der Waals surface area (Å²) in [4.78, 5) is 23.9. The maximum absolute atomic E-state index is 12.1. The van der Waals surface area contributed by atoms with Crippen molar-refractivity contribution in [3.05, 3.63) is 24.3 Å². The molecule has 0 spiro atoms. The first kappa shape index (κ1) is 21.4. The third kappa shape index (κ3) is 8.52. The first-order valence-corrected chi connectivity index (χ1v) is 10.3. The van der Waals surface area contributed by atoms with Crippen LogP contribution in [0.3, 0.4) is 0 Å². The Kier molecular flexibility index (Phi) is 8.72. The maximum atomic E-state index is 12.1. The predicted octanol–water partition coefficient (Wildman–Crippen LogP) is 4.84. The fourth-order valence-corrected chi connectivity index (χ4v) is 3.61. The Morgan fingerprint density at radius 2 is 1.59 bits per heavy atom. The van der Waals surface area contributed by atoms with Crippen LogP contribution in [0.25, 0.3) is 0 Å². The first-order chi connectivity index (χ1) is 12.9. The number of hydrogen-bond donors (Lipinski definition) is 3. The van der Waals surface area contributed by atoms with Crippen LogP contribution in [0.2, 0.25) is 0 Å². The van der Waals surface area contributed by atoms with E-state index in [1.54, 1.807) is 0 Å². The van der Waals surface area contributed by atoms with Gasteiger partial charge in [0.25, 0.3) is 0 Å². The van der Waals surface area contributed by atoms with Gasteiger partial charge in [0.2, 0.25) is 11.8 Å². The number of anilines is 2. The van der Waals surface area contributed by atoms with Crippen molar-refractivity contribution in [2.24, 2.45) is 11.8 Å². The van der Waals surface area contributed by atoms with Gasteiger partial charge in [0.05, 0.1) is 0 Å². The summed E-state index contributed by atoms with van der Waals surface area (Å²) < 4.78 is 0. The van der Waals surface area contributed by atoms with Crippen molar-refractivity contribution >= 4 is 40.5 Å². The SMILES string of the molecule is CC(C)CC(=O)Nc1ccc(NC(=S)NC(=O)CCC2CCCCC2)cc1. The average molecular weight is 390 g/mol. The molecule has 3 N–H and O–H groups in total. The zero-order valence-electron chi connectivity index (χ0n) is 16.3. The van der Waals surface area contributed by atoms with Crippen molar-refractivity contribution in [1.29, 1.82) is 0 Å². The molecule has 0 saturated heterocycles. The molecular formula is C21H31N3O2S. The molecule has 1 aliphatic rings. The zero-order chi connectivity index (χ0) is 19.6. The van der Waals surface area contributed by atoms with E-state index in [1.807, 2.05) is 38.1 Å². The molecule has 5 nitrogen and oxygen atoms in total. The molecule has 1 aromatic carbocycles. The van der Waals surface area contributed by atoms with Crippen LogP contribution < -0.4 is 16.0 Å². The minimum atomic E-state index is -0.0318. The van der Waals surface area contributed by atoms with Gasteiger partial charge in [-0.2, -0.15) is 0 Å². The molecule has 0 unspecified atom stereocenters. The van der Waals surface area contributed by atoms with Gasteiger partial charge in [-0.1, -0.05) is 46.0 Å². The van der Waals surface area contributed by atoms with Gasteiger partial charge >= 0.3 is 0 Å². The summed E-state index contributed by atoms with van der Waals surface area (Å²) in [5, 5.41) is 8.93. The van der Waals surface area contributed by atoms with E-state index >= 15 is 0 Å². The topological polar surface area (TPSA) is 70.2 Å². The fraction of sp³-hybridized carbons (Fsp3) is 0.571. The van der Waals surface area contributed by atoms with E-state index in [0.29, 0.717) is 29.8 Å². The van der Waals surface area contributed by atoms with Crippen molar-refractivity contribution in [3.63, 3.8) is 0 Å². The van der Waals surface area contributed by atoms with Crippen LogP contribution in [0.5, 0.6) is 0 Å². The number of rotatable bonds is 7. The Labute approximate surface area is 167 Å². The summed E-state index contributed by atoms with van der Waals surface area (Å²) in [5.74, 6) is 0.983. The number of hydrogen-bond acceptors (Lipinski definition) is 3. The highest BCUT2D eigenvalue weighted by Gasteiger charge is 2.15. The molecule has 148 valence electrons. The minimum Gasteiger partial charge on any atom is -0.332 e. The molecule has 0 bridgehead atoms. The Balaban J connectivity index is 1.71. The summed E-state index contributed by atoms with van der Waals surface area (Å²) in [6, 6.07) is 7.28. The van der Waals surface area contributed by atoms with Gasteiger partial charge in [0.15, 0.2) is 5.11 Å². The van der Waals surface area contributed by atoms with E-state index in [4.69, 9.17) is 12.2 Å².